The van der Waals surface area contributed by atoms with Crippen molar-refractivity contribution in [1.29, 1.82) is 0 Å². The first-order valence-corrected chi connectivity index (χ1v) is 10.5. The predicted octanol–water partition coefficient (Wildman–Crippen LogP) is 5.86. The van der Waals surface area contributed by atoms with Gasteiger partial charge in [0.25, 0.3) is 0 Å². The molecule has 0 aliphatic carbocycles. The SMILES string of the molecule is CC(=O)/C(C(=O)c1c(C)nc(-c2ccccc2)nc1-c1ccccc1)=C(/O)c1ccccc1. The molecule has 0 saturated heterocycles. The molecule has 4 aromatic rings. The number of aliphatic hydroxyl groups is 1. The normalized spacial score (nSPS) is 11.6. The fraction of sp³-hybridized carbons (Fsp3) is 0.0714. The van der Waals surface area contributed by atoms with Gasteiger partial charge in [-0.05, 0) is 13.8 Å². The van der Waals surface area contributed by atoms with Gasteiger partial charge in [-0.3, -0.25) is 9.59 Å². The summed E-state index contributed by atoms with van der Waals surface area (Å²) in [6, 6.07) is 27.3. The molecule has 0 spiro atoms. The van der Waals surface area contributed by atoms with Crippen LogP contribution < -0.4 is 0 Å². The van der Waals surface area contributed by atoms with Gasteiger partial charge in [0.05, 0.1) is 17.0 Å². The van der Waals surface area contributed by atoms with Crippen LogP contribution in [0.1, 0.15) is 28.5 Å². The van der Waals surface area contributed by atoms with Crippen LogP contribution in [0.25, 0.3) is 28.4 Å². The Labute approximate surface area is 192 Å². The first kappa shape index (κ1) is 21.8. The summed E-state index contributed by atoms with van der Waals surface area (Å²) in [5.41, 5.74) is 2.64. The molecule has 162 valence electrons. The summed E-state index contributed by atoms with van der Waals surface area (Å²) < 4.78 is 0. The Bertz CT molecular complexity index is 1350. The van der Waals surface area contributed by atoms with Gasteiger partial charge in [0, 0.05) is 16.7 Å². The fourth-order valence-electron chi connectivity index (χ4n) is 3.67. The molecule has 0 unspecified atom stereocenters. The van der Waals surface area contributed by atoms with Crippen LogP contribution in [0.2, 0.25) is 0 Å². The maximum atomic E-state index is 13.7. The molecule has 1 aromatic heterocycles. The molecule has 0 fully saturated rings. The fourth-order valence-corrected chi connectivity index (χ4v) is 3.67. The molecule has 0 saturated carbocycles. The monoisotopic (exact) mass is 434 g/mol. The molecule has 0 amide bonds. The molecule has 5 nitrogen and oxygen atoms in total. The Morgan fingerprint density at radius 3 is 1.79 bits per heavy atom. The molecule has 5 heteroatoms. The van der Waals surface area contributed by atoms with Crippen molar-refractivity contribution in [2.24, 2.45) is 0 Å². The van der Waals surface area contributed by atoms with Gasteiger partial charge in [0.2, 0.25) is 5.78 Å². The third kappa shape index (κ3) is 4.48. The van der Waals surface area contributed by atoms with E-state index in [4.69, 9.17) is 4.98 Å². The molecule has 4 rings (SSSR count). The first-order valence-electron chi connectivity index (χ1n) is 10.5. The van der Waals surface area contributed by atoms with Crippen LogP contribution in [0.5, 0.6) is 0 Å². The van der Waals surface area contributed by atoms with Gasteiger partial charge in [-0.1, -0.05) is 91.0 Å². The second-order valence-corrected chi connectivity index (χ2v) is 7.56. The molecule has 0 aliphatic heterocycles. The standard InChI is InChI=1S/C28H22N2O3/c1-18-23(27(33)24(19(2)31)26(32)21-14-8-4-9-15-21)25(20-12-6-3-7-13-20)30-28(29-18)22-16-10-5-11-17-22/h3-17,32H,1-2H3/b26-24-. The second-order valence-electron chi connectivity index (χ2n) is 7.56. The number of hydrogen-bond donors (Lipinski definition) is 1. The molecule has 0 atom stereocenters. The Morgan fingerprint density at radius 1 is 0.727 bits per heavy atom. The van der Waals surface area contributed by atoms with Gasteiger partial charge in [0.15, 0.2) is 11.6 Å². The van der Waals surface area contributed by atoms with Crippen LogP contribution in [0.15, 0.2) is 96.6 Å². The van der Waals surface area contributed by atoms with Gasteiger partial charge in [0.1, 0.15) is 11.3 Å². The Kier molecular flexibility index (Phi) is 6.22. The van der Waals surface area contributed by atoms with E-state index in [1.807, 2.05) is 60.7 Å². The predicted molar refractivity (Wildman–Crippen MR) is 129 cm³/mol. The van der Waals surface area contributed by atoms with Crippen LogP contribution in [0.4, 0.5) is 0 Å². The third-order valence-electron chi connectivity index (χ3n) is 5.26. The lowest BCUT2D eigenvalue weighted by molar-refractivity contribution is -0.113. The molecule has 1 heterocycles. The maximum Gasteiger partial charge on any atom is 0.204 e. The summed E-state index contributed by atoms with van der Waals surface area (Å²) >= 11 is 0. The van der Waals surface area contributed by atoms with Crippen LogP contribution >= 0.6 is 0 Å². The average Bonchev–Trinajstić information content (AvgIpc) is 2.85. The molecular formula is C28H22N2O3. The zero-order chi connectivity index (χ0) is 23.4. The van der Waals surface area contributed by atoms with Crippen molar-refractivity contribution in [2.75, 3.05) is 0 Å². The third-order valence-corrected chi connectivity index (χ3v) is 5.26. The quantitative estimate of drug-likeness (QED) is 0.135. The van der Waals surface area contributed by atoms with Crippen LogP contribution in [0.3, 0.4) is 0 Å². The van der Waals surface area contributed by atoms with Crippen molar-refractivity contribution in [3.63, 3.8) is 0 Å². The second kappa shape index (κ2) is 9.40. The molecule has 0 aliphatic rings. The summed E-state index contributed by atoms with van der Waals surface area (Å²) in [5, 5.41) is 10.9. The van der Waals surface area contributed by atoms with E-state index in [0.29, 0.717) is 28.3 Å². The van der Waals surface area contributed by atoms with E-state index in [9.17, 15) is 14.7 Å². The van der Waals surface area contributed by atoms with Crippen molar-refractivity contribution < 1.29 is 14.7 Å². The van der Waals surface area contributed by atoms with E-state index in [-0.39, 0.29) is 16.9 Å². The molecule has 1 N–H and O–H groups in total. The lowest BCUT2D eigenvalue weighted by atomic mass is 9.92. The number of carbonyl (C=O) groups is 2. The number of nitrogens with zero attached hydrogens (tertiary/aromatic N) is 2. The topological polar surface area (TPSA) is 80.2 Å². The Morgan fingerprint density at radius 2 is 1.24 bits per heavy atom. The number of rotatable bonds is 6. The molecular weight excluding hydrogens is 412 g/mol. The largest absolute Gasteiger partial charge is 0.506 e. The van der Waals surface area contributed by atoms with E-state index < -0.39 is 11.6 Å². The number of Topliss-reactive ketones (excluding diaryl/α,β-unsaturated/α-hetero) is 2. The number of aliphatic hydroxyl groups excluding tert-OH is 1. The van der Waals surface area contributed by atoms with Crippen LogP contribution in [-0.4, -0.2) is 26.6 Å². The lowest BCUT2D eigenvalue weighted by Gasteiger charge is -2.15. The summed E-state index contributed by atoms with van der Waals surface area (Å²) in [4.78, 5) is 35.6. The number of hydrogen-bond acceptors (Lipinski definition) is 5. The zero-order valence-corrected chi connectivity index (χ0v) is 18.3. The van der Waals surface area contributed by atoms with E-state index in [1.165, 1.54) is 6.92 Å². The lowest BCUT2D eigenvalue weighted by Crippen LogP contribution is -2.17. The van der Waals surface area contributed by atoms with E-state index in [2.05, 4.69) is 4.98 Å². The smallest absolute Gasteiger partial charge is 0.204 e. The number of carbonyl (C=O) groups excluding carboxylic acids is 2. The summed E-state index contributed by atoms with van der Waals surface area (Å²) in [7, 11) is 0. The van der Waals surface area contributed by atoms with Gasteiger partial charge in [-0.25, -0.2) is 9.97 Å². The van der Waals surface area contributed by atoms with Gasteiger partial charge >= 0.3 is 0 Å². The van der Waals surface area contributed by atoms with Gasteiger partial charge in [-0.2, -0.15) is 0 Å². The number of aryl methyl sites for hydroxylation is 1. The maximum absolute atomic E-state index is 13.7. The molecule has 0 bridgehead atoms. The Balaban J connectivity index is 1.96. The van der Waals surface area contributed by atoms with Crippen LogP contribution in [0, 0.1) is 6.92 Å². The Hall–Kier alpha value is -4.38. The molecule has 3 aromatic carbocycles. The number of aromatic nitrogens is 2. The minimum Gasteiger partial charge on any atom is -0.506 e. The van der Waals surface area contributed by atoms with Crippen molar-refractivity contribution in [1.82, 2.24) is 9.97 Å². The van der Waals surface area contributed by atoms with E-state index >= 15 is 0 Å². The highest BCUT2D eigenvalue weighted by molar-refractivity contribution is 6.30. The first-order chi connectivity index (χ1) is 16.0. The average molecular weight is 434 g/mol. The minimum atomic E-state index is -0.611. The van der Waals surface area contributed by atoms with Crippen molar-refractivity contribution in [2.45, 2.75) is 13.8 Å². The number of benzene rings is 3. The molecule has 0 radical (unpaired) electrons. The van der Waals surface area contributed by atoms with Crippen LogP contribution in [-0.2, 0) is 4.79 Å². The summed E-state index contributed by atoms with van der Waals surface area (Å²) in [6.45, 7) is 2.98. The van der Waals surface area contributed by atoms with Gasteiger partial charge in [-0.15, -0.1) is 0 Å². The summed E-state index contributed by atoms with van der Waals surface area (Å²) in [6.07, 6.45) is 0. The van der Waals surface area contributed by atoms with Gasteiger partial charge < -0.3 is 5.11 Å². The van der Waals surface area contributed by atoms with Crippen molar-refractivity contribution >= 4 is 17.3 Å². The zero-order valence-electron chi connectivity index (χ0n) is 18.3. The minimum absolute atomic E-state index is 0.188. The summed E-state index contributed by atoms with van der Waals surface area (Å²) in [5.74, 6) is -1.03. The van der Waals surface area contributed by atoms with E-state index in [1.54, 1.807) is 37.3 Å². The highest BCUT2D eigenvalue weighted by Crippen LogP contribution is 2.30. The van der Waals surface area contributed by atoms with Crippen molar-refractivity contribution in [3.8, 4) is 22.6 Å². The highest BCUT2D eigenvalue weighted by atomic mass is 16.3. The number of ketones is 2. The molecule has 33 heavy (non-hydrogen) atoms. The highest BCUT2D eigenvalue weighted by Gasteiger charge is 2.28. The number of allylic oxidation sites excluding steroid dienone is 1. The van der Waals surface area contributed by atoms with E-state index in [0.717, 1.165) is 5.56 Å². The van der Waals surface area contributed by atoms with Crippen molar-refractivity contribution in [3.05, 3.63) is 113 Å².